The molecule has 0 bridgehead atoms. The minimum atomic E-state index is -3.68. The highest BCUT2D eigenvalue weighted by atomic mass is 19.3. The molecule has 88 valence electrons. The van der Waals surface area contributed by atoms with Crippen molar-refractivity contribution < 1.29 is 23.4 Å². The van der Waals surface area contributed by atoms with Gasteiger partial charge < -0.3 is 9.84 Å². The Morgan fingerprint density at radius 1 is 1.50 bits per heavy atom. The van der Waals surface area contributed by atoms with E-state index < -0.39 is 18.3 Å². The summed E-state index contributed by atoms with van der Waals surface area (Å²) in [4.78, 5) is 10.2. The van der Waals surface area contributed by atoms with Crippen LogP contribution in [0.4, 0.5) is 8.78 Å². The summed E-state index contributed by atoms with van der Waals surface area (Å²) in [5.41, 5.74) is 0.625. The van der Waals surface area contributed by atoms with Crippen molar-refractivity contribution in [3.05, 3.63) is 29.8 Å². The monoisotopic (exact) mass is 230 g/mol. The van der Waals surface area contributed by atoms with E-state index in [0.717, 1.165) is 0 Å². The van der Waals surface area contributed by atoms with Crippen molar-refractivity contribution in [1.29, 1.82) is 0 Å². The summed E-state index contributed by atoms with van der Waals surface area (Å²) in [6.07, 6.45) is -0.716. The number of alkyl halides is 2. The Labute approximate surface area is 91.7 Å². The van der Waals surface area contributed by atoms with Gasteiger partial charge in [0.05, 0.1) is 7.11 Å². The Bertz CT molecular complexity index is 377. The van der Waals surface area contributed by atoms with Crippen LogP contribution in [0.1, 0.15) is 12.0 Å². The van der Waals surface area contributed by atoms with Crippen LogP contribution in [0.25, 0.3) is 0 Å². The quantitative estimate of drug-likeness (QED) is 0.844. The number of benzene rings is 1. The Kier molecular flexibility index (Phi) is 3.82. The minimum absolute atomic E-state index is 0.00347. The van der Waals surface area contributed by atoms with Gasteiger partial charge in [0.2, 0.25) is 0 Å². The van der Waals surface area contributed by atoms with Crippen LogP contribution < -0.4 is 4.74 Å². The lowest BCUT2D eigenvalue weighted by Gasteiger charge is -2.11. The number of methoxy groups -OCH3 is 1. The maximum Gasteiger partial charge on any atom is 0.374 e. The normalized spacial score (nSPS) is 11.2. The van der Waals surface area contributed by atoms with Crippen molar-refractivity contribution in [3.8, 4) is 5.75 Å². The second-order valence-electron chi connectivity index (χ2n) is 3.36. The van der Waals surface area contributed by atoms with Crippen molar-refractivity contribution in [3.63, 3.8) is 0 Å². The van der Waals surface area contributed by atoms with Crippen LogP contribution in [0.5, 0.6) is 5.75 Å². The topological polar surface area (TPSA) is 46.5 Å². The predicted molar refractivity (Wildman–Crippen MR) is 53.9 cm³/mol. The molecule has 0 aromatic heterocycles. The third-order valence-corrected chi connectivity index (χ3v) is 2.17. The van der Waals surface area contributed by atoms with Crippen LogP contribution >= 0.6 is 0 Å². The molecule has 0 amide bonds. The highest BCUT2D eigenvalue weighted by molar-refractivity contribution is 5.75. The first kappa shape index (κ1) is 12.4. The van der Waals surface area contributed by atoms with Crippen molar-refractivity contribution >= 4 is 5.97 Å². The van der Waals surface area contributed by atoms with Crippen molar-refractivity contribution in [2.24, 2.45) is 0 Å². The fourth-order valence-corrected chi connectivity index (χ4v) is 1.24. The Balaban J connectivity index is 2.64. The van der Waals surface area contributed by atoms with Gasteiger partial charge in [-0.1, -0.05) is 12.1 Å². The van der Waals surface area contributed by atoms with Crippen molar-refractivity contribution in [2.45, 2.75) is 18.8 Å². The number of hydrogen-bond donors (Lipinski definition) is 1. The molecule has 0 radical (unpaired) electrons. The molecular formula is C11H12F2O3. The molecule has 16 heavy (non-hydrogen) atoms. The largest absolute Gasteiger partial charge is 0.497 e. The van der Waals surface area contributed by atoms with Crippen LogP contribution in [-0.4, -0.2) is 24.1 Å². The van der Waals surface area contributed by atoms with Gasteiger partial charge in [0.1, 0.15) is 5.75 Å². The number of aryl methyl sites for hydroxylation is 1. The lowest BCUT2D eigenvalue weighted by atomic mass is 10.1. The van der Waals surface area contributed by atoms with E-state index in [-0.39, 0.29) is 6.42 Å². The SMILES string of the molecule is COc1cccc(CCC(F)(F)C(=O)O)c1. The molecule has 0 aliphatic rings. The summed E-state index contributed by atoms with van der Waals surface area (Å²) in [7, 11) is 1.48. The maximum absolute atomic E-state index is 12.8. The smallest absolute Gasteiger partial charge is 0.374 e. The molecule has 0 fully saturated rings. The average Bonchev–Trinajstić information content (AvgIpc) is 2.26. The van der Waals surface area contributed by atoms with E-state index in [1.54, 1.807) is 24.3 Å². The number of hydrogen-bond acceptors (Lipinski definition) is 2. The molecule has 1 aromatic rings. The fourth-order valence-electron chi connectivity index (χ4n) is 1.24. The van der Waals surface area contributed by atoms with Gasteiger partial charge in [-0.25, -0.2) is 4.79 Å². The van der Waals surface area contributed by atoms with Gasteiger partial charge in [-0.3, -0.25) is 0 Å². The Hall–Kier alpha value is -1.65. The number of carboxylic acids is 1. The van der Waals surface area contributed by atoms with Gasteiger partial charge in [-0.2, -0.15) is 8.78 Å². The number of carbonyl (C=O) groups is 1. The molecule has 0 aliphatic heterocycles. The standard InChI is InChI=1S/C11H12F2O3/c1-16-9-4-2-3-8(7-9)5-6-11(12,13)10(14)15/h2-4,7H,5-6H2,1H3,(H,14,15). The summed E-state index contributed by atoms with van der Waals surface area (Å²) in [6.45, 7) is 0. The first-order chi connectivity index (χ1) is 7.45. The van der Waals surface area contributed by atoms with E-state index in [1.165, 1.54) is 7.11 Å². The highest BCUT2D eigenvalue weighted by Crippen LogP contribution is 2.22. The molecule has 0 saturated heterocycles. The zero-order chi connectivity index (χ0) is 12.2. The lowest BCUT2D eigenvalue weighted by Crippen LogP contribution is -2.28. The first-order valence-electron chi connectivity index (χ1n) is 4.70. The highest BCUT2D eigenvalue weighted by Gasteiger charge is 2.37. The van der Waals surface area contributed by atoms with Gasteiger partial charge in [0.15, 0.2) is 0 Å². The van der Waals surface area contributed by atoms with Crippen molar-refractivity contribution in [2.75, 3.05) is 7.11 Å². The summed E-state index contributed by atoms with van der Waals surface area (Å²) in [5, 5.41) is 8.25. The van der Waals surface area contributed by atoms with Crippen LogP contribution in [0.3, 0.4) is 0 Å². The molecule has 0 spiro atoms. The zero-order valence-electron chi connectivity index (χ0n) is 8.74. The van der Waals surface area contributed by atoms with E-state index in [4.69, 9.17) is 9.84 Å². The maximum atomic E-state index is 12.8. The summed E-state index contributed by atoms with van der Waals surface area (Å²) < 4.78 is 30.5. The van der Waals surface area contributed by atoms with E-state index >= 15 is 0 Å². The molecule has 5 heteroatoms. The number of halogens is 2. The molecule has 0 heterocycles. The van der Waals surface area contributed by atoms with Crippen LogP contribution in [-0.2, 0) is 11.2 Å². The van der Waals surface area contributed by atoms with Gasteiger partial charge in [0, 0.05) is 6.42 Å². The van der Waals surface area contributed by atoms with Gasteiger partial charge in [0.25, 0.3) is 0 Å². The number of carboxylic acid groups (broad SMARTS) is 1. The third kappa shape index (κ3) is 3.18. The first-order valence-corrected chi connectivity index (χ1v) is 4.70. The molecule has 1 aromatic carbocycles. The molecule has 3 nitrogen and oxygen atoms in total. The van der Waals surface area contributed by atoms with Crippen LogP contribution in [0, 0.1) is 0 Å². The molecule has 0 saturated carbocycles. The van der Waals surface area contributed by atoms with Crippen LogP contribution in [0.2, 0.25) is 0 Å². The second kappa shape index (κ2) is 4.92. The third-order valence-electron chi connectivity index (χ3n) is 2.17. The molecule has 1 N–H and O–H groups in total. The number of aliphatic carboxylic acids is 1. The van der Waals surface area contributed by atoms with E-state index in [0.29, 0.717) is 11.3 Å². The minimum Gasteiger partial charge on any atom is -0.497 e. The Morgan fingerprint density at radius 3 is 2.75 bits per heavy atom. The van der Waals surface area contributed by atoms with Gasteiger partial charge >= 0.3 is 11.9 Å². The van der Waals surface area contributed by atoms with Crippen LogP contribution in [0.15, 0.2) is 24.3 Å². The van der Waals surface area contributed by atoms with Crippen molar-refractivity contribution in [1.82, 2.24) is 0 Å². The Morgan fingerprint density at radius 2 is 2.19 bits per heavy atom. The predicted octanol–water partition coefficient (Wildman–Crippen LogP) is 2.35. The van der Waals surface area contributed by atoms with E-state index in [2.05, 4.69) is 0 Å². The lowest BCUT2D eigenvalue weighted by molar-refractivity contribution is -0.165. The molecule has 0 atom stereocenters. The van der Waals surface area contributed by atoms with Gasteiger partial charge in [-0.15, -0.1) is 0 Å². The number of ether oxygens (including phenoxy) is 1. The summed E-state index contributed by atoms with van der Waals surface area (Å²) in [6, 6.07) is 6.63. The molecular weight excluding hydrogens is 218 g/mol. The number of rotatable bonds is 5. The second-order valence-corrected chi connectivity index (χ2v) is 3.36. The fraction of sp³-hybridized carbons (Fsp3) is 0.364. The molecule has 1 rings (SSSR count). The van der Waals surface area contributed by atoms with Gasteiger partial charge in [-0.05, 0) is 24.1 Å². The van der Waals surface area contributed by atoms with E-state index in [1.807, 2.05) is 0 Å². The summed E-state index contributed by atoms with van der Waals surface area (Å²) in [5.74, 6) is -5.20. The summed E-state index contributed by atoms with van der Waals surface area (Å²) >= 11 is 0. The van der Waals surface area contributed by atoms with E-state index in [9.17, 15) is 13.6 Å². The molecule has 0 aliphatic carbocycles. The zero-order valence-corrected chi connectivity index (χ0v) is 8.74. The molecule has 0 unspecified atom stereocenters. The average molecular weight is 230 g/mol.